The van der Waals surface area contributed by atoms with Gasteiger partial charge in [-0.25, -0.2) is 0 Å². The Morgan fingerprint density at radius 1 is 1.26 bits per heavy atom. The van der Waals surface area contributed by atoms with Crippen molar-refractivity contribution in [1.82, 2.24) is 9.88 Å². The van der Waals surface area contributed by atoms with Gasteiger partial charge in [0.05, 0.1) is 18.2 Å². The fraction of sp³-hybridized carbons (Fsp3) is 0.381. The average molecular weight is 367 g/mol. The van der Waals surface area contributed by atoms with E-state index in [1.165, 1.54) is 0 Å². The Labute approximate surface area is 159 Å². The second kappa shape index (κ2) is 8.66. The van der Waals surface area contributed by atoms with Crippen LogP contribution in [0.3, 0.4) is 0 Å². The first kappa shape index (κ1) is 18.9. The van der Waals surface area contributed by atoms with Crippen molar-refractivity contribution in [1.29, 1.82) is 0 Å². The number of hydrogen-bond acceptors (Lipinski definition) is 4. The van der Waals surface area contributed by atoms with E-state index in [0.717, 1.165) is 11.4 Å². The zero-order valence-electron chi connectivity index (χ0n) is 15.8. The van der Waals surface area contributed by atoms with Crippen LogP contribution >= 0.6 is 0 Å². The lowest BCUT2D eigenvalue weighted by Gasteiger charge is -2.22. The Hall–Kier alpha value is -2.89. The van der Waals surface area contributed by atoms with Gasteiger partial charge in [0.25, 0.3) is 0 Å². The second-order valence-electron chi connectivity index (χ2n) is 6.64. The summed E-state index contributed by atoms with van der Waals surface area (Å²) in [4.78, 5) is 33.0. The molecular formula is C21H25N3O3. The molecule has 0 radical (unpaired) electrons. The van der Waals surface area contributed by atoms with Crippen molar-refractivity contribution in [2.75, 3.05) is 31.6 Å². The number of ether oxygens (including phenoxy) is 1. The van der Waals surface area contributed by atoms with Crippen molar-refractivity contribution in [2.24, 2.45) is 5.92 Å². The molecule has 27 heavy (non-hydrogen) atoms. The van der Waals surface area contributed by atoms with Gasteiger partial charge in [-0.2, -0.15) is 0 Å². The molecule has 1 aromatic heterocycles. The maximum absolute atomic E-state index is 12.8. The summed E-state index contributed by atoms with van der Waals surface area (Å²) in [6.07, 6.45) is 2.67. The first-order valence-electron chi connectivity index (χ1n) is 9.27. The van der Waals surface area contributed by atoms with Crippen molar-refractivity contribution in [3.63, 3.8) is 0 Å². The number of hydrogen-bond donors (Lipinski definition) is 0. The van der Waals surface area contributed by atoms with Gasteiger partial charge >= 0.3 is 0 Å². The van der Waals surface area contributed by atoms with Crippen LogP contribution in [0.2, 0.25) is 0 Å². The van der Waals surface area contributed by atoms with Gasteiger partial charge in [0.1, 0.15) is 5.75 Å². The van der Waals surface area contributed by atoms with Crippen LogP contribution < -0.4 is 9.64 Å². The normalized spacial score (nSPS) is 16.4. The van der Waals surface area contributed by atoms with E-state index < -0.39 is 0 Å². The predicted octanol–water partition coefficient (Wildman–Crippen LogP) is 2.53. The summed E-state index contributed by atoms with van der Waals surface area (Å²) in [6.45, 7) is 3.40. The minimum atomic E-state index is -0.332. The van der Waals surface area contributed by atoms with E-state index in [9.17, 15) is 9.59 Å². The lowest BCUT2D eigenvalue weighted by atomic mass is 10.1. The van der Waals surface area contributed by atoms with Gasteiger partial charge in [-0.1, -0.05) is 18.2 Å². The van der Waals surface area contributed by atoms with E-state index >= 15 is 0 Å². The number of para-hydroxylation sites is 2. The van der Waals surface area contributed by atoms with Gasteiger partial charge in [-0.3, -0.25) is 14.6 Å². The smallest absolute Gasteiger partial charge is 0.227 e. The highest BCUT2D eigenvalue weighted by atomic mass is 16.5. The maximum atomic E-state index is 12.8. The van der Waals surface area contributed by atoms with Crippen LogP contribution in [0.1, 0.15) is 19.0 Å². The number of likely N-dealkylation sites (N-methyl/N-ethyl adjacent to an activating group) is 1. The lowest BCUT2D eigenvalue weighted by molar-refractivity contribution is -0.134. The molecular weight excluding hydrogens is 342 g/mol. The summed E-state index contributed by atoms with van der Waals surface area (Å²) in [5.41, 5.74) is 1.68. The third-order valence-corrected chi connectivity index (χ3v) is 4.74. The summed E-state index contributed by atoms with van der Waals surface area (Å²) >= 11 is 0. The molecule has 1 atom stereocenters. The van der Waals surface area contributed by atoms with E-state index in [-0.39, 0.29) is 24.2 Å². The summed E-state index contributed by atoms with van der Waals surface area (Å²) in [7, 11) is 1.78. The third-order valence-electron chi connectivity index (χ3n) is 4.74. The van der Waals surface area contributed by atoms with Gasteiger partial charge in [-0.05, 0) is 31.2 Å². The SMILES string of the molecule is CCOc1ccccc1N1CC(C(=O)N(C)CCc2ccccn2)CC1=O. The summed E-state index contributed by atoms with van der Waals surface area (Å²) in [5, 5.41) is 0. The fourth-order valence-electron chi connectivity index (χ4n) is 3.31. The van der Waals surface area contributed by atoms with Gasteiger partial charge in [0.15, 0.2) is 0 Å². The van der Waals surface area contributed by atoms with Gasteiger partial charge in [0, 0.05) is 44.9 Å². The first-order valence-corrected chi connectivity index (χ1v) is 9.27. The number of benzene rings is 1. The Bertz CT molecular complexity index is 794. The Kier molecular flexibility index (Phi) is 6.06. The number of amides is 2. The minimum Gasteiger partial charge on any atom is -0.492 e. The van der Waals surface area contributed by atoms with Crippen molar-refractivity contribution in [2.45, 2.75) is 19.8 Å². The molecule has 1 saturated heterocycles. The van der Waals surface area contributed by atoms with Crippen molar-refractivity contribution < 1.29 is 14.3 Å². The highest BCUT2D eigenvalue weighted by Crippen LogP contribution is 2.33. The van der Waals surface area contributed by atoms with Crippen molar-refractivity contribution in [3.8, 4) is 5.75 Å². The van der Waals surface area contributed by atoms with Crippen LogP contribution in [0.25, 0.3) is 0 Å². The second-order valence-corrected chi connectivity index (χ2v) is 6.64. The van der Waals surface area contributed by atoms with E-state index in [1.54, 1.807) is 23.0 Å². The van der Waals surface area contributed by atoms with Crippen LogP contribution in [0.4, 0.5) is 5.69 Å². The molecule has 2 aromatic rings. The molecule has 142 valence electrons. The monoisotopic (exact) mass is 367 g/mol. The topological polar surface area (TPSA) is 62.7 Å². The Morgan fingerprint density at radius 3 is 2.78 bits per heavy atom. The molecule has 3 rings (SSSR count). The van der Waals surface area contributed by atoms with Crippen LogP contribution in [-0.4, -0.2) is 48.4 Å². The zero-order chi connectivity index (χ0) is 19.2. The minimum absolute atomic E-state index is 0.00401. The standard InChI is InChI=1S/C21H25N3O3/c1-3-27-19-10-5-4-9-18(19)24-15-16(14-20(24)25)21(26)23(2)13-11-17-8-6-7-12-22-17/h4-10,12,16H,3,11,13-15H2,1-2H3. The summed E-state index contributed by atoms with van der Waals surface area (Å²) < 4.78 is 5.63. The molecule has 0 N–H and O–H groups in total. The van der Waals surface area contributed by atoms with Crippen LogP contribution in [0, 0.1) is 5.92 Å². The first-order chi connectivity index (χ1) is 13.1. The van der Waals surface area contributed by atoms with Crippen LogP contribution in [0.5, 0.6) is 5.75 Å². The van der Waals surface area contributed by atoms with Gasteiger partial charge in [-0.15, -0.1) is 0 Å². The molecule has 1 aromatic carbocycles. The predicted molar refractivity (Wildman–Crippen MR) is 104 cm³/mol. The fourth-order valence-corrected chi connectivity index (χ4v) is 3.31. The van der Waals surface area contributed by atoms with Gasteiger partial charge in [0.2, 0.25) is 11.8 Å². The van der Waals surface area contributed by atoms with Crippen LogP contribution in [-0.2, 0) is 16.0 Å². The number of nitrogens with zero attached hydrogens (tertiary/aromatic N) is 3. The zero-order valence-corrected chi connectivity index (χ0v) is 15.8. The molecule has 1 unspecified atom stereocenters. The van der Waals surface area contributed by atoms with Crippen LogP contribution in [0.15, 0.2) is 48.7 Å². The molecule has 0 spiro atoms. The Morgan fingerprint density at radius 2 is 2.04 bits per heavy atom. The molecule has 0 aliphatic carbocycles. The van der Waals surface area contributed by atoms with Crippen molar-refractivity contribution >= 4 is 17.5 Å². The molecule has 2 heterocycles. The van der Waals surface area contributed by atoms with Crippen molar-refractivity contribution in [3.05, 3.63) is 54.4 Å². The largest absolute Gasteiger partial charge is 0.492 e. The summed E-state index contributed by atoms with van der Waals surface area (Å²) in [6, 6.07) is 13.2. The molecule has 2 amide bonds. The molecule has 0 saturated carbocycles. The number of pyridine rings is 1. The molecule has 1 aliphatic rings. The lowest BCUT2D eigenvalue weighted by Crippen LogP contribution is -2.36. The van der Waals surface area contributed by atoms with Gasteiger partial charge < -0.3 is 14.5 Å². The average Bonchev–Trinajstić information content (AvgIpc) is 3.08. The highest BCUT2D eigenvalue weighted by Gasteiger charge is 2.37. The molecule has 1 aliphatic heterocycles. The number of aromatic nitrogens is 1. The number of carbonyl (C=O) groups excluding carboxylic acids is 2. The molecule has 1 fully saturated rings. The Balaban J connectivity index is 1.63. The van der Waals surface area contributed by atoms with E-state index in [0.29, 0.717) is 31.9 Å². The van der Waals surface area contributed by atoms with E-state index in [4.69, 9.17) is 4.74 Å². The molecule has 6 heteroatoms. The quantitative estimate of drug-likeness (QED) is 0.754. The number of carbonyl (C=O) groups is 2. The van der Waals surface area contributed by atoms with E-state index in [2.05, 4.69) is 4.98 Å². The number of rotatable bonds is 7. The third kappa shape index (κ3) is 4.45. The molecule has 6 nitrogen and oxygen atoms in total. The maximum Gasteiger partial charge on any atom is 0.227 e. The highest BCUT2D eigenvalue weighted by molar-refractivity contribution is 6.01. The van der Waals surface area contributed by atoms with E-state index in [1.807, 2.05) is 49.4 Å². The molecule has 0 bridgehead atoms. The number of anilines is 1. The summed E-state index contributed by atoms with van der Waals surface area (Å²) in [5.74, 6) is 0.292.